The van der Waals surface area contributed by atoms with Crippen molar-refractivity contribution < 1.29 is 23.9 Å². The lowest BCUT2D eigenvalue weighted by atomic mass is 9.83. The van der Waals surface area contributed by atoms with Gasteiger partial charge in [-0.25, -0.2) is 4.79 Å². The Hall–Kier alpha value is -3.17. The first-order valence-corrected chi connectivity index (χ1v) is 14.2. The molecule has 0 fully saturated rings. The number of esters is 1. The second-order valence-electron chi connectivity index (χ2n) is 11.7. The molecule has 1 N–H and O–H groups in total. The van der Waals surface area contributed by atoms with E-state index < -0.39 is 11.5 Å². The number of carbonyl (C=O) groups is 3. The van der Waals surface area contributed by atoms with Crippen LogP contribution in [0.1, 0.15) is 88.0 Å². The van der Waals surface area contributed by atoms with Crippen molar-refractivity contribution in [1.82, 2.24) is 5.32 Å². The van der Waals surface area contributed by atoms with E-state index >= 15 is 0 Å². The van der Waals surface area contributed by atoms with Crippen LogP contribution in [-0.2, 0) is 23.9 Å². The summed E-state index contributed by atoms with van der Waals surface area (Å²) in [5.41, 5.74) is 1.21. The first-order chi connectivity index (χ1) is 18.7. The van der Waals surface area contributed by atoms with Crippen molar-refractivity contribution >= 4 is 17.7 Å². The van der Waals surface area contributed by atoms with E-state index in [1.54, 1.807) is 19.1 Å². The molecule has 0 radical (unpaired) electrons. The predicted octanol–water partition coefficient (Wildman–Crippen LogP) is 6.59. The Labute approximate surface area is 242 Å². The molecule has 0 saturated carbocycles. The minimum absolute atomic E-state index is 0.0111. The van der Waals surface area contributed by atoms with Crippen LogP contribution in [0.25, 0.3) is 0 Å². The Morgan fingerprint density at radius 2 is 1.85 bits per heavy atom. The average molecular weight is 552 g/mol. The zero-order valence-electron chi connectivity index (χ0n) is 25.9. The predicted molar refractivity (Wildman–Crippen MR) is 162 cm³/mol. The van der Waals surface area contributed by atoms with Gasteiger partial charge in [-0.1, -0.05) is 75.8 Å². The van der Waals surface area contributed by atoms with Gasteiger partial charge in [0.25, 0.3) is 0 Å². The van der Waals surface area contributed by atoms with Gasteiger partial charge in [-0.05, 0) is 46.5 Å². The summed E-state index contributed by atoms with van der Waals surface area (Å²) in [7, 11) is 0. The number of rotatable bonds is 14. The quantitative estimate of drug-likeness (QED) is 0.0866. The number of cyclic esters (lactones) is 1. The zero-order valence-corrected chi connectivity index (χ0v) is 25.9. The molecule has 1 aliphatic heterocycles. The van der Waals surface area contributed by atoms with Crippen LogP contribution in [0.15, 0.2) is 59.8 Å². The molecule has 0 aromatic rings. The number of carbonyl (C=O) groups excluding carboxylic acids is 3. The van der Waals surface area contributed by atoms with Crippen LogP contribution in [-0.4, -0.2) is 42.0 Å². The molecule has 6 nitrogen and oxygen atoms in total. The Morgan fingerprint density at radius 1 is 1.18 bits per heavy atom. The molecule has 0 bridgehead atoms. The summed E-state index contributed by atoms with van der Waals surface area (Å²) in [5, 5.41) is 2.88. The summed E-state index contributed by atoms with van der Waals surface area (Å²) in [6, 6.07) is -0.620. The first-order valence-electron chi connectivity index (χ1n) is 14.2. The highest BCUT2D eigenvalue weighted by atomic mass is 16.5. The van der Waals surface area contributed by atoms with E-state index in [4.69, 9.17) is 9.47 Å². The third kappa shape index (κ3) is 13.8. The van der Waals surface area contributed by atoms with Crippen molar-refractivity contribution in [2.75, 3.05) is 0 Å². The molecule has 6 heteroatoms. The van der Waals surface area contributed by atoms with Gasteiger partial charge in [-0.3, -0.25) is 9.59 Å². The largest absolute Gasteiger partial charge is 0.458 e. The van der Waals surface area contributed by atoms with Gasteiger partial charge in [0, 0.05) is 36.8 Å². The van der Waals surface area contributed by atoms with E-state index in [0.717, 1.165) is 5.57 Å². The SMILES string of the molecule is CC#CC[C@@H](C/C=C\CC(=O)[C@@H](NC(=O)\C=C/C=C\C(C)=C\[C@H](C)[C@@H]1CC=C(C)C(=O)O1)C(C)(C)C)OC(C)C. The number of hydrogen-bond donors (Lipinski definition) is 1. The number of ether oxygens (including phenoxy) is 2. The lowest BCUT2D eigenvalue weighted by Gasteiger charge is -2.29. The molecular weight excluding hydrogens is 502 g/mol. The van der Waals surface area contributed by atoms with E-state index in [9.17, 15) is 14.4 Å². The van der Waals surface area contributed by atoms with Crippen molar-refractivity contribution in [2.24, 2.45) is 11.3 Å². The maximum atomic E-state index is 13.0. The molecule has 1 rings (SSSR count). The average Bonchev–Trinajstić information content (AvgIpc) is 2.86. The van der Waals surface area contributed by atoms with Gasteiger partial charge in [0.05, 0.1) is 18.2 Å². The standard InChI is InChI=1S/C34H49NO5/c1-10-11-17-28(39-24(2)3)18-13-14-19-29(36)32(34(7,8)9)35-31(37)20-15-12-16-25(4)23-27(6)30-22-21-26(5)33(38)40-30/h12-16,20-21,23-24,27-28,30,32H,17-19,22H2,1-9H3,(H,35,37)/b14-13-,16-12-,20-15-,25-23+/t27-,28-,30-,32+/m0/s1. The zero-order chi connectivity index (χ0) is 30.3. The fourth-order valence-corrected chi connectivity index (χ4v) is 4.23. The van der Waals surface area contributed by atoms with E-state index in [2.05, 4.69) is 17.2 Å². The summed E-state index contributed by atoms with van der Waals surface area (Å²) < 4.78 is 11.4. The fourth-order valence-electron chi connectivity index (χ4n) is 4.23. The second kappa shape index (κ2) is 17.5. The van der Waals surface area contributed by atoms with Crippen molar-refractivity contribution in [3.8, 4) is 11.8 Å². The van der Waals surface area contributed by atoms with Crippen molar-refractivity contribution in [1.29, 1.82) is 0 Å². The Morgan fingerprint density at radius 3 is 2.45 bits per heavy atom. The number of allylic oxidation sites excluding steroid dienone is 5. The van der Waals surface area contributed by atoms with Crippen LogP contribution >= 0.6 is 0 Å². The van der Waals surface area contributed by atoms with Gasteiger partial charge < -0.3 is 14.8 Å². The highest BCUT2D eigenvalue weighted by molar-refractivity contribution is 5.94. The maximum absolute atomic E-state index is 13.0. The Balaban J connectivity index is 2.68. The molecule has 1 amide bonds. The highest BCUT2D eigenvalue weighted by Gasteiger charge is 2.31. The van der Waals surface area contributed by atoms with Crippen LogP contribution in [0.5, 0.6) is 0 Å². The van der Waals surface area contributed by atoms with E-state index in [1.807, 2.05) is 85.8 Å². The fraction of sp³-hybridized carbons (Fsp3) is 0.559. The summed E-state index contributed by atoms with van der Waals surface area (Å²) in [5.74, 6) is 5.40. The van der Waals surface area contributed by atoms with Crippen molar-refractivity contribution in [3.05, 3.63) is 59.8 Å². The molecule has 0 aliphatic carbocycles. The summed E-state index contributed by atoms with van der Waals surface area (Å²) in [4.78, 5) is 37.4. The highest BCUT2D eigenvalue weighted by Crippen LogP contribution is 2.23. The molecule has 0 unspecified atom stereocenters. The minimum atomic E-state index is -0.620. The van der Waals surface area contributed by atoms with E-state index in [1.165, 1.54) is 6.08 Å². The molecule has 1 heterocycles. The number of nitrogens with one attached hydrogen (secondary N) is 1. The lowest BCUT2D eigenvalue weighted by Crippen LogP contribution is -2.48. The maximum Gasteiger partial charge on any atom is 0.333 e. The van der Waals surface area contributed by atoms with Gasteiger partial charge in [0.1, 0.15) is 6.10 Å². The van der Waals surface area contributed by atoms with Gasteiger partial charge in [0.2, 0.25) is 5.91 Å². The van der Waals surface area contributed by atoms with E-state index in [0.29, 0.717) is 24.8 Å². The molecule has 40 heavy (non-hydrogen) atoms. The Bertz CT molecular complexity index is 1070. The summed E-state index contributed by atoms with van der Waals surface area (Å²) in [6.45, 7) is 17.4. The Kier molecular flexibility index (Phi) is 15.3. The van der Waals surface area contributed by atoms with Crippen LogP contribution in [0, 0.1) is 23.2 Å². The first kappa shape index (κ1) is 34.9. The monoisotopic (exact) mass is 551 g/mol. The molecule has 0 spiro atoms. The van der Waals surface area contributed by atoms with Crippen LogP contribution in [0.2, 0.25) is 0 Å². The molecule has 0 saturated heterocycles. The van der Waals surface area contributed by atoms with Crippen molar-refractivity contribution in [3.63, 3.8) is 0 Å². The minimum Gasteiger partial charge on any atom is -0.458 e. The number of amides is 1. The molecule has 0 aromatic heterocycles. The topological polar surface area (TPSA) is 81.7 Å². The van der Waals surface area contributed by atoms with Gasteiger partial charge in [-0.2, -0.15) is 0 Å². The number of ketones is 1. The molecular formula is C34H49NO5. The molecule has 0 aromatic carbocycles. The van der Waals surface area contributed by atoms with Crippen LogP contribution in [0.3, 0.4) is 0 Å². The molecule has 4 atom stereocenters. The van der Waals surface area contributed by atoms with Gasteiger partial charge >= 0.3 is 5.97 Å². The van der Waals surface area contributed by atoms with Gasteiger partial charge in [-0.15, -0.1) is 11.8 Å². The van der Waals surface area contributed by atoms with Gasteiger partial charge in [0.15, 0.2) is 5.78 Å². The third-order valence-electron chi connectivity index (χ3n) is 6.40. The normalized spacial score (nSPS) is 18.9. The van der Waals surface area contributed by atoms with Crippen LogP contribution < -0.4 is 5.32 Å². The summed E-state index contributed by atoms with van der Waals surface area (Å²) in [6.07, 6.45) is 16.7. The van der Waals surface area contributed by atoms with Crippen molar-refractivity contribution in [2.45, 2.75) is 112 Å². The third-order valence-corrected chi connectivity index (χ3v) is 6.40. The lowest BCUT2D eigenvalue weighted by molar-refractivity contribution is -0.147. The molecule has 1 aliphatic rings. The second-order valence-corrected chi connectivity index (χ2v) is 11.7. The van der Waals surface area contributed by atoms with E-state index in [-0.39, 0.29) is 48.3 Å². The smallest absolute Gasteiger partial charge is 0.333 e. The number of hydrogen-bond acceptors (Lipinski definition) is 5. The number of Topliss-reactive ketones (excluding diaryl/α,β-unsaturated/α-hetero) is 1. The van der Waals surface area contributed by atoms with Crippen LogP contribution in [0.4, 0.5) is 0 Å². The summed E-state index contributed by atoms with van der Waals surface area (Å²) >= 11 is 0. The molecule has 220 valence electrons.